The number of carbonyl (C=O) groups is 1. The van der Waals surface area contributed by atoms with Crippen molar-refractivity contribution in [2.24, 2.45) is 0 Å². The minimum Gasteiger partial charge on any atom is -0.497 e. The lowest BCUT2D eigenvalue weighted by molar-refractivity contribution is 0.0992. The van der Waals surface area contributed by atoms with Crippen LogP contribution in [0.15, 0.2) is 47.2 Å². The maximum absolute atomic E-state index is 12.2. The van der Waals surface area contributed by atoms with Crippen LogP contribution in [-0.4, -0.2) is 17.9 Å². The van der Waals surface area contributed by atoms with Crippen molar-refractivity contribution >= 4 is 21.7 Å². The molecule has 2 aromatic rings. The predicted octanol–water partition coefficient (Wildman–Crippen LogP) is 3.28. The number of aromatic nitrogens is 1. The number of benzene rings is 1. The highest BCUT2D eigenvalue weighted by molar-refractivity contribution is 9.10. The molecule has 0 aliphatic heterocycles. The molecule has 0 unspecified atom stereocenters. The van der Waals surface area contributed by atoms with Gasteiger partial charge in [-0.25, -0.2) is 0 Å². The van der Waals surface area contributed by atoms with Crippen LogP contribution in [0.4, 0.5) is 0 Å². The van der Waals surface area contributed by atoms with Crippen LogP contribution in [0.25, 0.3) is 0 Å². The first kappa shape index (κ1) is 12.8. The normalized spacial score (nSPS) is 10.1. The van der Waals surface area contributed by atoms with Gasteiger partial charge in [0.15, 0.2) is 5.78 Å². The van der Waals surface area contributed by atoms with Crippen molar-refractivity contribution in [3.63, 3.8) is 0 Å². The van der Waals surface area contributed by atoms with Gasteiger partial charge < -0.3 is 4.74 Å². The lowest BCUT2D eigenvalue weighted by Gasteiger charge is -2.06. The second-order valence-corrected chi connectivity index (χ2v) is 4.66. The van der Waals surface area contributed by atoms with E-state index in [4.69, 9.17) is 4.74 Å². The van der Waals surface area contributed by atoms with Crippen LogP contribution >= 0.6 is 15.9 Å². The average Bonchev–Trinajstić information content (AvgIpc) is 2.40. The molecule has 0 spiro atoms. The van der Waals surface area contributed by atoms with Gasteiger partial charge in [-0.1, -0.05) is 15.9 Å². The molecule has 0 saturated carbocycles. The molecular formula is C14H12BrNO2. The fourth-order valence-corrected chi connectivity index (χ4v) is 2.09. The zero-order chi connectivity index (χ0) is 13.0. The third-order valence-electron chi connectivity index (χ3n) is 2.59. The molecule has 3 nitrogen and oxygen atoms in total. The van der Waals surface area contributed by atoms with E-state index in [-0.39, 0.29) is 5.78 Å². The Balaban J connectivity index is 2.23. The van der Waals surface area contributed by atoms with Crippen molar-refractivity contribution in [1.82, 2.24) is 4.98 Å². The van der Waals surface area contributed by atoms with Gasteiger partial charge in [-0.2, -0.15) is 0 Å². The molecule has 2 rings (SSSR count). The minimum absolute atomic E-state index is 0.0481. The van der Waals surface area contributed by atoms with Gasteiger partial charge in [0.05, 0.1) is 7.11 Å². The first-order chi connectivity index (χ1) is 8.70. The third-order valence-corrected chi connectivity index (χ3v) is 3.28. The third kappa shape index (κ3) is 2.96. The summed E-state index contributed by atoms with van der Waals surface area (Å²) in [6.07, 6.45) is 3.72. The summed E-state index contributed by atoms with van der Waals surface area (Å²) in [5.41, 5.74) is 1.58. The first-order valence-corrected chi connectivity index (χ1v) is 6.25. The number of rotatable bonds is 4. The monoisotopic (exact) mass is 305 g/mol. The summed E-state index contributed by atoms with van der Waals surface area (Å²) in [5.74, 6) is 0.725. The van der Waals surface area contributed by atoms with Crippen LogP contribution in [0.5, 0.6) is 5.75 Å². The molecule has 92 valence electrons. The van der Waals surface area contributed by atoms with Crippen LogP contribution in [0.3, 0.4) is 0 Å². The molecular weight excluding hydrogens is 294 g/mol. The van der Waals surface area contributed by atoms with E-state index in [0.29, 0.717) is 17.7 Å². The van der Waals surface area contributed by atoms with Crippen molar-refractivity contribution in [1.29, 1.82) is 0 Å². The van der Waals surface area contributed by atoms with Crippen molar-refractivity contribution in [2.75, 3.05) is 7.11 Å². The van der Waals surface area contributed by atoms with E-state index >= 15 is 0 Å². The van der Waals surface area contributed by atoms with Gasteiger partial charge in [0, 0.05) is 28.9 Å². The van der Waals surface area contributed by atoms with Gasteiger partial charge in [-0.05, 0) is 35.9 Å². The Morgan fingerprint density at radius 2 is 2.00 bits per heavy atom. The Bertz CT molecular complexity index is 555. The van der Waals surface area contributed by atoms with Gasteiger partial charge in [0.25, 0.3) is 0 Å². The van der Waals surface area contributed by atoms with Crippen molar-refractivity contribution in [3.05, 3.63) is 58.3 Å². The van der Waals surface area contributed by atoms with E-state index in [0.717, 1.165) is 10.0 Å². The van der Waals surface area contributed by atoms with Crippen LogP contribution in [0.2, 0.25) is 0 Å². The molecule has 0 radical (unpaired) electrons. The minimum atomic E-state index is 0.0481. The van der Waals surface area contributed by atoms with Crippen molar-refractivity contribution in [2.45, 2.75) is 6.42 Å². The largest absolute Gasteiger partial charge is 0.497 e. The Kier molecular flexibility index (Phi) is 4.10. The van der Waals surface area contributed by atoms with Crippen molar-refractivity contribution in [3.8, 4) is 5.75 Å². The SMILES string of the molecule is COc1ccc(Br)c(C(=O)Cc2ccncc2)c1. The number of hydrogen-bond acceptors (Lipinski definition) is 3. The molecule has 0 atom stereocenters. The Morgan fingerprint density at radius 3 is 2.67 bits per heavy atom. The molecule has 0 aliphatic rings. The summed E-state index contributed by atoms with van der Waals surface area (Å²) < 4.78 is 5.91. The van der Waals surface area contributed by atoms with E-state index in [1.165, 1.54) is 0 Å². The predicted molar refractivity (Wildman–Crippen MR) is 73.0 cm³/mol. The fraction of sp³-hybridized carbons (Fsp3) is 0.143. The fourth-order valence-electron chi connectivity index (χ4n) is 1.63. The molecule has 4 heteroatoms. The lowest BCUT2D eigenvalue weighted by Crippen LogP contribution is -2.05. The lowest BCUT2D eigenvalue weighted by atomic mass is 10.0. The van der Waals surface area contributed by atoms with Gasteiger partial charge in [-0.15, -0.1) is 0 Å². The summed E-state index contributed by atoms with van der Waals surface area (Å²) in [6.45, 7) is 0. The number of hydrogen-bond donors (Lipinski definition) is 0. The molecule has 18 heavy (non-hydrogen) atoms. The topological polar surface area (TPSA) is 39.2 Å². The van der Waals surface area contributed by atoms with Gasteiger partial charge in [0.2, 0.25) is 0 Å². The van der Waals surface area contributed by atoms with Gasteiger partial charge >= 0.3 is 0 Å². The smallest absolute Gasteiger partial charge is 0.168 e. The highest BCUT2D eigenvalue weighted by atomic mass is 79.9. The quantitative estimate of drug-likeness (QED) is 0.814. The second-order valence-electron chi connectivity index (χ2n) is 3.80. The van der Waals surface area contributed by atoms with E-state index in [1.54, 1.807) is 25.6 Å². The summed E-state index contributed by atoms with van der Waals surface area (Å²) in [6, 6.07) is 9.05. The van der Waals surface area contributed by atoms with E-state index in [9.17, 15) is 4.79 Å². The molecule has 0 N–H and O–H groups in total. The summed E-state index contributed by atoms with van der Waals surface area (Å²) >= 11 is 3.38. The van der Waals surface area contributed by atoms with Crippen molar-refractivity contribution < 1.29 is 9.53 Å². The Labute approximate surface area is 114 Å². The van der Waals surface area contributed by atoms with Crippen LogP contribution in [0.1, 0.15) is 15.9 Å². The molecule has 0 saturated heterocycles. The number of ether oxygens (including phenoxy) is 1. The van der Waals surface area contributed by atoms with Crippen LogP contribution < -0.4 is 4.74 Å². The number of ketones is 1. The number of nitrogens with zero attached hydrogens (tertiary/aromatic N) is 1. The maximum atomic E-state index is 12.2. The molecule has 0 fully saturated rings. The van der Waals surface area contributed by atoms with Crippen LogP contribution in [0, 0.1) is 0 Å². The molecule has 1 aromatic carbocycles. The summed E-state index contributed by atoms with van der Waals surface area (Å²) in [4.78, 5) is 16.1. The average molecular weight is 306 g/mol. The number of methoxy groups -OCH3 is 1. The molecule has 0 aliphatic carbocycles. The molecule has 0 amide bonds. The Hall–Kier alpha value is -1.68. The number of pyridine rings is 1. The number of halogens is 1. The zero-order valence-corrected chi connectivity index (χ0v) is 11.5. The Morgan fingerprint density at radius 1 is 1.28 bits per heavy atom. The number of carbonyl (C=O) groups excluding carboxylic acids is 1. The standard InChI is InChI=1S/C14H12BrNO2/c1-18-11-2-3-13(15)12(9-11)14(17)8-10-4-6-16-7-5-10/h2-7,9H,8H2,1H3. The summed E-state index contributed by atoms with van der Waals surface area (Å²) in [7, 11) is 1.58. The highest BCUT2D eigenvalue weighted by Crippen LogP contribution is 2.23. The highest BCUT2D eigenvalue weighted by Gasteiger charge is 2.12. The maximum Gasteiger partial charge on any atom is 0.168 e. The van der Waals surface area contributed by atoms with Crippen LogP contribution in [-0.2, 0) is 6.42 Å². The molecule has 1 aromatic heterocycles. The zero-order valence-electron chi connectivity index (χ0n) is 9.89. The molecule has 0 bridgehead atoms. The molecule has 1 heterocycles. The van der Waals surface area contributed by atoms with E-state index in [1.807, 2.05) is 24.3 Å². The first-order valence-electron chi connectivity index (χ1n) is 5.46. The van der Waals surface area contributed by atoms with E-state index in [2.05, 4.69) is 20.9 Å². The number of Topliss-reactive ketones (excluding diaryl/α,β-unsaturated/α-hetero) is 1. The summed E-state index contributed by atoms with van der Waals surface area (Å²) in [5, 5.41) is 0. The van der Waals surface area contributed by atoms with Gasteiger partial charge in [0.1, 0.15) is 5.75 Å². The second kappa shape index (κ2) is 5.78. The van der Waals surface area contributed by atoms with E-state index < -0.39 is 0 Å². The van der Waals surface area contributed by atoms with Gasteiger partial charge in [-0.3, -0.25) is 9.78 Å².